The Hall–Kier alpha value is -3.65. The van der Waals surface area contributed by atoms with Crippen molar-refractivity contribution in [3.05, 3.63) is 65.2 Å². The number of para-hydroxylation sites is 1. The standard InChI is InChI=1S/C24H24N4O3S/c1-14-23(18-6-4-5-7-19(18)25-14)21-13-32-24(27-21)28-22(30)12-20(26-15(2)29)16-8-10-17(31-3)11-9-16/h4-11,13,20,25H,12H2,1-3H3,(H,26,29)(H,27,28,30). The van der Waals surface area contributed by atoms with E-state index in [-0.39, 0.29) is 18.2 Å². The average molecular weight is 449 g/mol. The summed E-state index contributed by atoms with van der Waals surface area (Å²) in [4.78, 5) is 32.4. The fourth-order valence-electron chi connectivity index (χ4n) is 3.74. The van der Waals surface area contributed by atoms with E-state index in [9.17, 15) is 9.59 Å². The van der Waals surface area contributed by atoms with Crippen LogP contribution in [0, 0.1) is 6.92 Å². The third-order valence-corrected chi connectivity index (χ3v) is 5.94. The summed E-state index contributed by atoms with van der Waals surface area (Å²) in [7, 11) is 1.59. The second-order valence-corrected chi connectivity index (χ2v) is 8.35. The van der Waals surface area contributed by atoms with Gasteiger partial charge in [-0.3, -0.25) is 9.59 Å². The minimum absolute atomic E-state index is 0.0902. The molecule has 2 heterocycles. The Bertz CT molecular complexity index is 1260. The number of ether oxygens (including phenoxy) is 1. The maximum absolute atomic E-state index is 12.7. The summed E-state index contributed by atoms with van der Waals surface area (Å²) in [6, 6.07) is 14.9. The van der Waals surface area contributed by atoms with E-state index >= 15 is 0 Å². The largest absolute Gasteiger partial charge is 0.497 e. The smallest absolute Gasteiger partial charge is 0.228 e. The van der Waals surface area contributed by atoms with Crippen LogP contribution in [0.4, 0.5) is 5.13 Å². The number of thiazole rings is 1. The van der Waals surface area contributed by atoms with Crippen molar-refractivity contribution in [3.63, 3.8) is 0 Å². The van der Waals surface area contributed by atoms with Crippen LogP contribution in [-0.4, -0.2) is 28.9 Å². The Morgan fingerprint density at radius 3 is 2.62 bits per heavy atom. The van der Waals surface area contributed by atoms with Crippen molar-refractivity contribution in [2.24, 2.45) is 0 Å². The molecule has 4 aromatic rings. The topological polar surface area (TPSA) is 96.1 Å². The number of anilines is 1. The summed E-state index contributed by atoms with van der Waals surface area (Å²) in [5.74, 6) is 0.281. The molecule has 32 heavy (non-hydrogen) atoms. The highest BCUT2D eigenvalue weighted by molar-refractivity contribution is 7.14. The summed E-state index contributed by atoms with van der Waals surface area (Å²) in [6.07, 6.45) is 0.0902. The predicted molar refractivity (Wildman–Crippen MR) is 127 cm³/mol. The molecule has 2 aromatic carbocycles. The second kappa shape index (κ2) is 9.23. The molecule has 0 aliphatic carbocycles. The van der Waals surface area contributed by atoms with Gasteiger partial charge in [-0.05, 0) is 30.7 Å². The van der Waals surface area contributed by atoms with Gasteiger partial charge in [0.25, 0.3) is 0 Å². The molecule has 0 saturated carbocycles. The van der Waals surface area contributed by atoms with Crippen LogP contribution >= 0.6 is 11.3 Å². The molecule has 0 aliphatic rings. The molecule has 2 amide bonds. The molecule has 2 aromatic heterocycles. The first-order chi connectivity index (χ1) is 15.4. The number of rotatable bonds is 7. The quantitative estimate of drug-likeness (QED) is 0.378. The highest BCUT2D eigenvalue weighted by Gasteiger charge is 2.19. The van der Waals surface area contributed by atoms with Crippen molar-refractivity contribution in [3.8, 4) is 17.0 Å². The second-order valence-electron chi connectivity index (χ2n) is 7.49. The molecule has 1 unspecified atom stereocenters. The fraction of sp³-hybridized carbons (Fsp3) is 0.208. The number of aryl methyl sites for hydroxylation is 1. The molecule has 4 rings (SSSR count). The zero-order valence-electron chi connectivity index (χ0n) is 18.1. The number of nitrogens with zero attached hydrogens (tertiary/aromatic N) is 1. The van der Waals surface area contributed by atoms with Crippen LogP contribution in [0.2, 0.25) is 0 Å². The van der Waals surface area contributed by atoms with Crippen molar-refractivity contribution in [1.82, 2.24) is 15.3 Å². The SMILES string of the molecule is COc1ccc(C(CC(=O)Nc2nc(-c3c(C)[nH]c4ccccc34)cs2)NC(C)=O)cc1. The van der Waals surface area contributed by atoms with Crippen LogP contribution in [-0.2, 0) is 9.59 Å². The lowest BCUT2D eigenvalue weighted by atomic mass is 10.0. The molecule has 8 heteroatoms. The maximum atomic E-state index is 12.7. The summed E-state index contributed by atoms with van der Waals surface area (Å²) in [6.45, 7) is 3.45. The van der Waals surface area contributed by atoms with Crippen LogP contribution in [0.25, 0.3) is 22.2 Å². The Balaban J connectivity index is 1.50. The van der Waals surface area contributed by atoms with E-state index in [2.05, 4.69) is 26.7 Å². The number of hydrogen-bond donors (Lipinski definition) is 3. The number of benzene rings is 2. The summed E-state index contributed by atoms with van der Waals surface area (Å²) in [5.41, 5.74) is 4.75. The Labute approximate surface area is 189 Å². The van der Waals surface area contributed by atoms with Crippen molar-refractivity contribution in [2.75, 3.05) is 12.4 Å². The molecule has 1 atom stereocenters. The van der Waals surface area contributed by atoms with Crippen LogP contribution in [0.5, 0.6) is 5.75 Å². The monoisotopic (exact) mass is 448 g/mol. The van der Waals surface area contributed by atoms with Crippen LogP contribution in [0.3, 0.4) is 0 Å². The summed E-state index contributed by atoms with van der Waals surface area (Å²) in [5, 5.41) is 9.27. The zero-order chi connectivity index (χ0) is 22.7. The first-order valence-corrected chi connectivity index (χ1v) is 11.1. The van der Waals surface area contributed by atoms with E-state index in [1.54, 1.807) is 19.2 Å². The van der Waals surface area contributed by atoms with Gasteiger partial charge in [-0.1, -0.05) is 30.3 Å². The van der Waals surface area contributed by atoms with Crippen LogP contribution in [0.1, 0.15) is 30.6 Å². The van der Waals surface area contributed by atoms with E-state index in [1.807, 2.05) is 42.6 Å². The van der Waals surface area contributed by atoms with Crippen molar-refractivity contribution >= 4 is 39.2 Å². The van der Waals surface area contributed by atoms with Gasteiger partial charge in [0.15, 0.2) is 5.13 Å². The number of nitrogens with one attached hydrogen (secondary N) is 3. The van der Waals surface area contributed by atoms with Crippen LogP contribution in [0.15, 0.2) is 53.9 Å². The number of amides is 2. The number of fused-ring (bicyclic) bond motifs is 1. The molecule has 0 bridgehead atoms. The predicted octanol–water partition coefficient (Wildman–Crippen LogP) is 4.81. The van der Waals surface area contributed by atoms with Crippen molar-refractivity contribution < 1.29 is 14.3 Å². The number of methoxy groups -OCH3 is 1. The van der Waals surface area contributed by atoms with Gasteiger partial charge in [0.2, 0.25) is 11.8 Å². The molecule has 0 radical (unpaired) electrons. The molecule has 0 saturated heterocycles. The number of hydrogen-bond acceptors (Lipinski definition) is 5. The fourth-order valence-corrected chi connectivity index (χ4v) is 4.46. The molecule has 0 fully saturated rings. The minimum Gasteiger partial charge on any atom is -0.497 e. The van der Waals surface area contributed by atoms with E-state index < -0.39 is 6.04 Å². The average Bonchev–Trinajstić information content (AvgIpc) is 3.35. The van der Waals surface area contributed by atoms with Gasteiger partial charge >= 0.3 is 0 Å². The number of carbonyl (C=O) groups excluding carboxylic acids is 2. The van der Waals surface area contributed by atoms with Gasteiger partial charge in [-0.25, -0.2) is 4.98 Å². The Kier molecular flexibility index (Phi) is 6.23. The normalized spacial score (nSPS) is 11.8. The number of H-pyrrole nitrogens is 1. The van der Waals surface area contributed by atoms with Crippen LogP contribution < -0.4 is 15.4 Å². The molecule has 0 aliphatic heterocycles. The molecule has 164 valence electrons. The van der Waals surface area contributed by atoms with E-state index in [1.165, 1.54) is 18.3 Å². The van der Waals surface area contributed by atoms with Crippen molar-refractivity contribution in [2.45, 2.75) is 26.3 Å². The lowest BCUT2D eigenvalue weighted by molar-refractivity contribution is -0.120. The Morgan fingerprint density at radius 1 is 1.16 bits per heavy atom. The first kappa shape index (κ1) is 21.6. The van der Waals surface area contributed by atoms with E-state index in [0.29, 0.717) is 10.9 Å². The third-order valence-electron chi connectivity index (χ3n) is 5.19. The van der Waals surface area contributed by atoms with Gasteiger partial charge < -0.3 is 20.4 Å². The van der Waals surface area contributed by atoms with Gasteiger partial charge in [-0.2, -0.15) is 0 Å². The number of carbonyl (C=O) groups is 2. The van der Waals surface area contributed by atoms with Gasteiger partial charge in [0.1, 0.15) is 5.75 Å². The number of aromatic nitrogens is 2. The lowest BCUT2D eigenvalue weighted by Crippen LogP contribution is -2.29. The molecular formula is C24H24N4O3S. The zero-order valence-corrected chi connectivity index (χ0v) is 18.9. The minimum atomic E-state index is -0.450. The molecular weight excluding hydrogens is 424 g/mol. The van der Waals surface area contributed by atoms with E-state index in [4.69, 9.17) is 4.74 Å². The summed E-state index contributed by atoms with van der Waals surface area (Å²) < 4.78 is 5.18. The maximum Gasteiger partial charge on any atom is 0.228 e. The molecule has 3 N–H and O–H groups in total. The Morgan fingerprint density at radius 2 is 1.91 bits per heavy atom. The third kappa shape index (κ3) is 4.65. The number of aromatic amines is 1. The van der Waals surface area contributed by atoms with Gasteiger partial charge in [0.05, 0.1) is 25.3 Å². The van der Waals surface area contributed by atoms with Gasteiger partial charge in [-0.15, -0.1) is 11.3 Å². The molecule has 7 nitrogen and oxygen atoms in total. The van der Waals surface area contributed by atoms with Gasteiger partial charge in [0, 0.05) is 34.5 Å². The van der Waals surface area contributed by atoms with Crippen molar-refractivity contribution in [1.29, 1.82) is 0 Å². The molecule has 0 spiro atoms. The van der Waals surface area contributed by atoms with E-state index in [0.717, 1.165) is 33.4 Å². The first-order valence-electron chi connectivity index (χ1n) is 10.2. The highest BCUT2D eigenvalue weighted by Crippen LogP contribution is 2.34. The lowest BCUT2D eigenvalue weighted by Gasteiger charge is -2.18. The highest BCUT2D eigenvalue weighted by atomic mass is 32.1. The summed E-state index contributed by atoms with van der Waals surface area (Å²) >= 11 is 1.37.